The van der Waals surface area contributed by atoms with Crippen LogP contribution in [0.25, 0.3) is 10.6 Å². The second-order valence-electron chi connectivity index (χ2n) is 6.34. The SMILES string of the molecule is COCCN(CCC(=O)Nc1nnc(-c2ccccc2)s1)C(=O)c1ccccc1Cl. The summed E-state index contributed by atoms with van der Waals surface area (Å²) in [6.45, 7) is 0.934. The van der Waals surface area contributed by atoms with Crippen molar-refractivity contribution in [2.24, 2.45) is 0 Å². The minimum atomic E-state index is -0.250. The van der Waals surface area contributed by atoms with Crippen molar-refractivity contribution >= 4 is 39.9 Å². The van der Waals surface area contributed by atoms with Gasteiger partial charge in [-0.2, -0.15) is 0 Å². The Bertz CT molecular complexity index is 997. The van der Waals surface area contributed by atoms with Crippen molar-refractivity contribution in [1.82, 2.24) is 15.1 Å². The predicted octanol–water partition coefficient (Wildman–Crippen LogP) is 3.98. The number of hydrogen-bond acceptors (Lipinski definition) is 6. The summed E-state index contributed by atoms with van der Waals surface area (Å²) in [7, 11) is 1.56. The van der Waals surface area contributed by atoms with E-state index in [1.165, 1.54) is 11.3 Å². The van der Waals surface area contributed by atoms with E-state index in [2.05, 4.69) is 15.5 Å². The van der Waals surface area contributed by atoms with Gasteiger partial charge in [0.15, 0.2) is 0 Å². The Hall–Kier alpha value is -2.81. The van der Waals surface area contributed by atoms with Gasteiger partial charge >= 0.3 is 0 Å². The normalized spacial score (nSPS) is 10.6. The number of ether oxygens (including phenoxy) is 1. The first-order valence-corrected chi connectivity index (χ1v) is 10.5. The van der Waals surface area contributed by atoms with Gasteiger partial charge in [-0.25, -0.2) is 0 Å². The highest BCUT2D eigenvalue weighted by atomic mass is 35.5. The number of benzene rings is 2. The lowest BCUT2D eigenvalue weighted by Gasteiger charge is -2.22. The summed E-state index contributed by atoms with van der Waals surface area (Å²) in [5, 5.41) is 12.4. The van der Waals surface area contributed by atoms with Crippen LogP contribution in [0.5, 0.6) is 0 Å². The van der Waals surface area contributed by atoms with Crippen molar-refractivity contribution in [1.29, 1.82) is 0 Å². The quantitative estimate of drug-likeness (QED) is 0.539. The largest absolute Gasteiger partial charge is 0.383 e. The van der Waals surface area contributed by atoms with E-state index < -0.39 is 0 Å². The van der Waals surface area contributed by atoms with Gasteiger partial charge in [0.25, 0.3) is 5.91 Å². The van der Waals surface area contributed by atoms with Crippen molar-refractivity contribution in [2.75, 3.05) is 32.1 Å². The molecule has 0 radical (unpaired) electrons. The molecule has 1 aromatic heterocycles. The van der Waals surface area contributed by atoms with Gasteiger partial charge in [0.05, 0.1) is 17.2 Å². The smallest absolute Gasteiger partial charge is 0.255 e. The summed E-state index contributed by atoms with van der Waals surface area (Å²) in [5.41, 5.74) is 1.33. The molecule has 9 heteroatoms. The van der Waals surface area contributed by atoms with E-state index in [-0.39, 0.29) is 24.8 Å². The van der Waals surface area contributed by atoms with Crippen LogP contribution in [-0.4, -0.2) is 53.7 Å². The van der Waals surface area contributed by atoms with Gasteiger partial charge in [-0.05, 0) is 12.1 Å². The second kappa shape index (κ2) is 10.8. The number of methoxy groups -OCH3 is 1. The number of nitrogens with one attached hydrogen (secondary N) is 1. The molecule has 0 spiro atoms. The molecule has 0 aliphatic rings. The molecule has 0 aliphatic carbocycles. The van der Waals surface area contributed by atoms with Crippen LogP contribution in [0, 0.1) is 0 Å². The molecule has 0 aliphatic heterocycles. The summed E-state index contributed by atoms with van der Waals surface area (Å²) in [6.07, 6.45) is 0.111. The van der Waals surface area contributed by atoms with Gasteiger partial charge in [0, 0.05) is 32.2 Å². The first-order valence-electron chi connectivity index (χ1n) is 9.30. The molecule has 156 valence electrons. The lowest BCUT2D eigenvalue weighted by molar-refractivity contribution is -0.116. The summed E-state index contributed by atoms with van der Waals surface area (Å²) in [6, 6.07) is 16.5. The summed E-state index contributed by atoms with van der Waals surface area (Å²) < 4.78 is 5.09. The predicted molar refractivity (Wildman–Crippen MR) is 118 cm³/mol. The molecular weight excluding hydrogens is 424 g/mol. The zero-order valence-electron chi connectivity index (χ0n) is 16.4. The zero-order valence-corrected chi connectivity index (χ0v) is 17.9. The molecule has 2 aromatic carbocycles. The van der Waals surface area contributed by atoms with Gasteiger partial charge < -0.3 is 15.0 Å². The standard InChI is InChI=1S/C21H21ClN4O3S/c1-29-14-13-26(20(28)16-9-5-6-10-17(16)22)12-11-18(27)23-21-25-24-19(30-21)15-7-3-2-4-8-15/h2-10H,11-14H2,1H3,(H,23,25,27). The molecule has 0 bridgehead atoms. The van der Waals surface area contributed by atoms with E-state index in [4.69, 9.17) is 16.3 Å². The van der Waals surface area contributed by atoms with E-state index in [1.54, 1.807) is 36.3 Å². The van der Waals surface area contributed by atoms with Gasteiger partial charge in [0.1, 0.15) is 5.01 Å². The summed E-state index contributed by atoms with van der Waals surface area (Å²) >= 11 is 7.44. The highest BCUT2D eigenvalue weighted by molar-refractivity contribution is 7.18. The number of aromatic nitrogens is 2. The third kappa shape index (κ3) is 5.85. The van der Waals surface area contributed by atoms with Crippen LogP contribution in [0.3, 0.4) is 0 Å². The molecule has 0 unspecified atom stereocenters. The van der Waals surface area contributed by atoms with Crippen molar-refractivity contribution in [3.05, 3.63) is 65.2 Å². The number of hydrogen-bond donors (Lipinski definition) is 1. The van der Waals surface area contributed by atoms with E-state index in [9.17, 15) is 9.59 Å². The molecule has 0 atom stereocenters. The number of halogens is 1. The fourth-order valence-corrected chi connectivity index (χ4v) is 3.69. The molecule has 2 amide bonds. The van der Waals surface area contributed by atoms with Crippen LogP contribution in [0.4, 0.5) is 5.13 Å². The Labute approximate surface area is 183 Å². The van der Waals surface area contributed by atoms with Gasteiger partial charge in [0.2, 0.25) is 11.0 Å². The lowest BCUT2D eigenvalue weighted by Crippen LogP contribution is -2.36. The molecule has 1 N–H and O–H groups in total. The van der Waals surface area contributed by atoms with Gasteiger partial charge in [-0.3, -0.25) is 9.59 Å². The summed E-state index contributed by atoms with van der Waals surface area (Å²) in [4.78, 5) is 26.8. The van der Waals surface area contributed by atoms with E-state index in [0.717, 1.165) is 10.6 Å². The molecular formula is C21H21ClN4O3S. The molecule has 1 heterocycles. The van der Waals surface area contributed by atoms with Crippen LogP contribution < -0.4 is 5.32 Å². The number of carbonyl (C=O) groups is 2. The minimum Gasteiger partial charge on any atom is -0.383 e. The van der Waals surface area contributed by atoms with Gasteiger partial charge in [-0.1, -0.05) is 65.4 Å². The molecule has 30 heavy (non-hydrogen) atoms. The van der Waals surface area contributed by atoms with E-state index in [1.807, 2.05) is 30.3 Å². The van der Waals surface area contributed by atoms with Crippen molar-refractivity contribution in [2.45, 2.75) is 6.42 Å². The number of amides is 2. The van der Waals surface area contributed by atoms with Crippen LogP contribution in [0.2, 0.25) is 5.02 Å². The highest BCUT2D eigenvalue weighted by Gasteiger charge is 2.19. The Morgan fingerprint density at radius 2 is 1.80 bits per heavy atom. The van der Waals surface area contributed by atoms with Crippen molar-refractivity contribution in [3.8, 4) is 10.6 Å². The Morgan fingerprint density at radius 1 is 1.07 bits per heavy atom. The first kappa shape index (κ1) is 21.9. The first-order chi connectivity index (χ1) is 14.6. The number of nitrogens with zero attached hydrogens (tertiary/aromatic N) is 3. The van der Waals surface area contributed by atoms with Crippen LogP contribution in [-0.2, 0) is 9.53 Å². The van der Waals surface area contributed by atoms with Crippen LogP contribution in [0.1, 0.15) is 16.8 Å². The zero-order chi connectivity index (χ0) is 21.3. The van der Waals surface area contributed by atoms with E-state index in [0.29, 0.717) is 28.9 Å². The molecule has 7 nitrogen and oxygen atoms in total. The maximum absolute atomic E-state index is 12.8. The van der Waals surface area contributed by atoms with Crippen molar-refractivity contribution < 1.29 is 14.3 Å². The fraction of sp³-hybridized carbons (Fsp3) is 0.238. The monoisotopic (exact) mass is 444 g/mol. The van der Waals surface area contributed by atoms with Crippen molar-refractivity contribution in [3.63, 3.8) is 0 Å². The number of anilines is 1. The average molecular weight is 445 g/mol. The molecule has 3 aromatic rings. The van der Waals surface area contributed by atoms with E-state index >= 15 is 0 Å². The Kier molecular flexibility index (Phi) is 7.89. The summed E-state index contributed by atoms with van der Waals surface area (Å²) in [5.74, 6) is -0.493. The van der Waals surface area contributed by atoms with Crippen LogP contribution in [0.15, 0.2) is 54.6 Å². The third-order valence-corrected chi connectivity index (χ3v) is 5.48. The van der Waals surface area contributed by atoms with Crippen LogP contribution >= 0.6 is 22.9 Å². The maximum atomic E-state index is 12.8. The topological polar surface area (TPSA) is 84.4 Å². The Morgan fingerprint density at radius 3 is 2.53 bits per heavy atom. The van der Waals surface area contributed by atoms with Gasteiger partial charge in [-0.15, -0.1) is 10.2 Å². The lowest BCUT2D eigenvalue weighted by atomic mass is 10.2. The Balaban J connectivity index is 1.60. The molecule has 0 saturated carbocycles. The third-order valence-electron chi connectivity index (χ3n) is 4.26. The molecule has 3 rings (SSSR count). The molecule has 0 fully saturated rings. The second-order valence-corrected chi connectivity index (χ2v) is 7.73. The highest BCUT2D eigenvalue weighted by Crippen LogP contribution is 2.26. The number of carbonyl (C=O) groups excluding carboxylic acids is 2. The fourth-order valence-electron chi connectivity index (χ4n) is 2.71. The number of rotatable bonds is 9. The molecule has 0 saturated heterocycles. The minimum absolute atomic E-state index is 0.111. The maximum Gasteiger partial charge on any atom is 0.255 e. The average Bonchev–Trinajstić information content (AvgIpc) is 3.23.